The zero-order chi connectivity index (χ0) is 10.4. The molecular weight excluding hydrogens is 174 g/mol. The highest BCUT2D eigenvalue weighted by atomic mass is 16.2. The molecule has 1 rings (SSSR count). The van der Waals surface area contributed by atoms with E-state index in [2.05, 4.69) is 18.7 Å². The molecule has 0 spiro atoms. The molecule has 14 heavy (non-hydrogen) atoms. The predicted octanol–water partition coefficient (Wildman–Crippen LogP) is 2.83. The molecule has 1 unspecified atom stereocenters. The van der Waals surface area contributed by atoms with Crippen LogP contribution in [0.5, 0.6) is 0 Å². The van der Waals surface area contributed by atoms with Gasteiger partial charge in [0.25, 0.3) is 0 Å². The van der Waals surface area contributed by atoms with Crippen molar-refractivity contribution in [2.45, 2.75) is 52.4 Å². The van der Waals surface area contributed by atoms with Crippen molar-refractivity contribution in [3.8, 4) is 0 Å². The maximum atomic E-state index is 12.0. The van der Waals surface area contributed by atoms with E-state index in [1.807, 2.05) is 0 Å². The zero-order valence-electron chi connectivity index (χ0n) is 9.59. The predicted molar refractivity (Wildman–Crippen MR) is 59.1 cm³/mol. The Morgan fingerprint density at radius 2 is 1.79 bits per heavy atom. The Hall–Kier alpha value is -0.530. The van der Waals surface area contributed by atoms with Crippen LogP contribution in [0.25, 0.3) is 0 Å². The van der Waals surface area contributed by atoms with Crippen LogP contribution in [-0.4, -0.2) is 23.9 Å². The van der Waals surface area contributed by atoms with Crippen molar-refractivity contribution in [3.63, 3.8) is 0 Å². The Labute approximate surface area is 87.7 Å². The van der Waals surface area contributed by atoms with E-state index < -0.39 is 0 Å². The third kappa shape index (κ3) is 3.32. The van der Waals surface area contributed by atoms with Crippen LogP contribution in [0.1, 0.15) is 52.4 Å². The van der Waals surface area contributed by atoms with Crippen LogP contribution in [0.2, 0.25) is 0 Å². The lowest BCUT2D eigenvalue weighted by Crippen LogP contribution is -2.35. The monoisotopic (exact) mass is 197 g/mol. The second-order valence-corrected chi connectivity index (χ2v) is 4.43. The van der Waals surface area contributed by atoms with Crippen LogP contribution in [-0.2, 0) is 4.79 Å². The number of carbonyl (C=O) groups is 1. The third-order valence-electron chi connectivity index (χ3n) is 3.06. The summed E-state index contributed by atoms with van der Waals surface area (Å²) in [6, 6.07) is 0. The van der Waals surface area contributed by atoms with Crippen LogP contribution < -0.4 is 0 Å². The number of likely N-dealkylation sites (tertiary alicyclic amines) is 1. The van der Waals surface area contributed by atoms with Gasteiger partial charge < -0.3 is 4.90 Å². The fourth-order valence-electron chi connectivity index (χ4n) is 2.16. The average Bonchev–Trinajstić information content (AvgIpc) is 2.45. The van der Waals surface area contributed by atoms with Gasteiger partial charge in [0.05, 0.1) is 0 Å². The SMILES string of the molecule is CCCC(C)C(=O)N1CCCCCC1. The second-order valence-electron chi connectivity index (χ2n) is 4.43. The first-order chi connectivity index (χ1) is 6.75. The van der Waals surface area contributed by atoms with Crippen molar-refractivity contribution in [2.24, 2.45) is 5.92 Å². The van der Waals surface area contributed by atoms with Gasteiger partial charge in [-0.3, -0.25) is 4.79 Å². The first-order valence-corrected chi connectivity index (χ1v) is 6.04. The van der Waals surface area contributed by atoms with Crippen molar-refractivity contribution in [3.05, 3.63) is 0 Å². The van der Waals surface area contributed by atoms with Crippen molar-refractivity contribution >= 4 is 5.91 Å². The van der Waals surface area contributed by atoms with Gasteiger partial charge in [0.2, 0.25) is 5.91 Å². The molecule has 0 radical (unpaired) electrons. The van der Waals surface area contributed by atoms with Crippen molar-refractivity contribution < 1.29 is 4.79 Å². The van der Waals surface area contributed by atoms with Crippen LogP contribution in [0.4, 0.5) is 0 Å². The molecule has 0 aliphatic carbocycles. The highest BCUT2D eigenvalue weighted by molar-refractivity contribution is 5.78. The topological polar surface area (TPSA) is 20.3 Å². The normalized spacial score (nSPS) is 20.3. The fourth-order valence-corrected chi connectivity index (χ4v) is 2.16. The van der Waals surface area contributed by atoms with Gasteiger partial charge in [-0.15, -0.1) is 0 Å². The van der Waals surface area contributed by atoms with E-state index in [9.17, 15) is 4.79 Å². The standard InChI is InChI=1S/C12H23NO/c1-3-8-11(2)12(14)13-9-6-4-5-7-10-13/h11H,3-10H2,1-2H3. The molecule has 2 heteroatoms. The van der Waals surface area contributed by atoms with E-state index in [4.69, 9.17) is 0 Å². The molecule has 2 nitrogen and oxygen atoms in total. The molecule has 1 saturated heterocycles. The second kappa shape index (κ2) is 6.05. The molecule has 1 fully saturated rings. The summed E-state index contributed by atoms with van der Waals surface area (Å²) in [5, 5.41) is 0. The number of amides is 1. The number of carbonyl (C=O) groups excluding carboxylic acids is 1. The molecule has 0 aromatic carbocycles. The Bertz CT molecular complexity index is 171. The Balaban J connectivity index is 2.40. The van der Waals surface area contributed by atoms with Gasteiger partial charge in [-0.2, -0.15) is 0 Å². The Morgan fingerprint density at radius 1 is 1.21 bits per heavy atom. The zero-order valence-corrected chi connectivity index (χ0v) is 9.59. The summed E-state index contributed by atoms with van der Waals surface area (Å²) in [5.41, 5.74) is 0. The molecule has 82 valence electrons. The van der Waals surface area contributed by atoms with Gasteiger partial charge in [0.15, 0.2) is 0 Å². The third-order valence-corrected chi connectivity index (χ3v) is 3.06. The van der Waals surface area contributed by atoms with Gasteiger partial charge in [0, 0.05) is 19.0 Å². The van der Waals surface area contributed by atoms with Crippen molar-refractivity contribution in [2.75, 3.05) is 13.1 Å². The average molecular weight is 197 g/mol. The molecular formula is C12H23NO. The molecule has 1 heterocycles. The van der Waals surface area contributed by atoms with E-state index in [-0.39, 0.29) is 5.92 Å². The lowest BCUT2D eigenvalue weighted by atomic mass is 10.0. The summed E-state index contributed by atoms with van der Waals surface area (Å²) in [5.74, 6) is 0.617. The maximum Gasteiger partial charge on any atom is 0.225 e. The number of hydrogen-bond acceptors (Lipinski definition) is 1. The summed E-state index contributed by atoms with van der Waals surface area (Å²) in [7, 11) is 0. The number of rotatable bonds is 3. The lowest BCUT2D eigenvalue weighted by molar-refractivity contribution is -0.135. The van der Waals surface area contributed by atoms with E-state index in [0.29, 0.717) is 5.91 Å². The Morgan fingerprint density at radius 3 is 2.29 bits per heavy atom. The molecule has 0 saturated carbocycles. The van der Waals surface area contributed by atoms with Crippen molar-refractivity contribution in [1.82, 2.24) is 4.90 Å². The summed E-state index contributed by atoms with van der Waals surface area (Å²) >= 11 is 0. The van der Waals surface area contributed by atoms with Gasteiger partial charge in [-0.1, -0.05) is 33.1 Å². The molecule has 1 aliphatic rings. The smallest absolute Gasteiger partial charge is 0.225 e. The van der Waals surface area contributed by atoms with E-state index in [1.54, 1.807) is 0 Å². The lowest BCUT2D eigenvalue weighted by Gasteiger charge is -2.23. The maximum absolute atomic E-state index is 12.0. The van der Waals surface area contributed by atoms with Crippen LogP contribution >= 0.6 is 0 Å². The molecule has 1 aliphatic heterocycles. The number of hydrogen-bond donors (Lipinski definition) is 0. The highest BCUT2D eigenvalue weighted by Gasteiger charge is 2.20. The summed E-state index contributed by atoms with van der Waals surface area (Å²) < 4.78 is 0. The van der Waals surface area contributed by atoms with Gasteiger partial charge in [0.1, 0.15) is 0 Å². The highest BCUT2D eigenvalue weighted by Crippen LogP contribution is 2.15. The van der Waals surface area contributed by atoms with E-state index in [0.717, 1.165) is 25.9 Å². The molecule has 0 aromatic rings. The summed E-state index contributed by atoms with van der Waals surface area (Å²) in [4.78, 5) is 14.0. The van der Waals surface area contributed by atoms with Crippen LogP contribution in [0, 0.1) is 5.92 Å². The van der Waals surface area contributed by atoms with Gasteiger partial charge in [-0.25, -0.2) is 0 Å². The van der Waals surface area contributed by atoms with E-state index >= 15 is 0 Å². The quantitative estimate of drug-likeness (QED) is 0.681. The molecule has 1 amide bonds. The molecule has 0 aromatic heterocycles. The number of nitrogens with zero attached hydrogens (tertiary/aromatic N) is 1. The van der Waals surface area contributed by atoms with Crippen LogP contribution in [0.3, 0.4) is 0 Å². The van der Waals surface area contributed by atoms with E-state index in [1.165, 1.54) is 25.7 Å². The minimum Gasteiger partial charge on any atom is -0.342 e. The first kappa shape index (κ1) is 11.5. The van der Waals surface area contributed by atoms with Gasteiger partial charge in [-0.05, 0) is 19.3 Å². The molecule has 0 bridgehead atoms. The van der Waals surface area contributed by atoms with Gasteiger partial charge >= 0.3 is 0 Å². The molecule has 0 N–H and O–H groups in total. The van der Waals surface area contributed by atoms with Crippen LogP contribution in [0.15, 0.2) is 0 Å². The minimum absolute atomic E-state index is 0.234. The summed E-state index contributed by atoms with van der Waals surface area (Å²) in [6.07, 6.45) is 7.14. The fraction of sp³-hybridized carbons (Fsp3) is 0.917. The Kier molecular flexibility index (Phi) is 4.99. The first-order valence-electron chi connectivity index (χ1n) is 6.04. The molecule has 1 atom stereocenters. The van der Waals surface area contributed by atoms with Crippen molar-refractivity contribution in [1.29, 1.82) is 0 Å². The largest absolute Gasteiger partial charge is 0.342 e. The minimum atomic E-state index is 0.234. The summed E-state index contributed by atoms with van der Waals surface area (Å²) in [6.45, 7) is 6.20.